The van der Waals surface area contributed by atoms with Gasteiger partial charge in [-0.1, -0.05) is 35.0 Å². The number of anilines is 1. The van der Waals surface area contributed by atoms with Gasteiger partial charge in [0.25, 0.3) is 0 Å². The highest BCUT2D eigenvalue weighted by atomic mass is 16.5. The van der Waals surface area contributed by atoms with E-state index in [4.69, 9.17) is 15.4 Å². The van der Waals surface area contributed by atoms with Gasteiger partial charge in [0, 0.05) is 6.42 Å². The number of aliphatic carboxylic acids is 1. The number of aromatic nitrogens is 1. The first-order chi connectivity index (χ1) is 8.58. The Morgan fingerprint density at radius 3 is 2.94 bits per heavy atom. The number of nitrogens with zero attached hydrogens (tertiary/aromatic N) is 1. The molecule has 0 aliphatic heterocycles. The summed E-state index contributed by atoms with van der Waals surface area (Å²) in [6, 6.07) is 7.76. The molecule has 5 heteroatoms. The smallest absolute Gasteiger partial charge is 0.303 e. The van der Waals surface area contributed by atoms with Crippen molar-refractivity contribution in [2.45, 2.75) is 19.8 Å². The second kappa shape index (κ2) is 4.91. The number of carboxylic acids is 1. The van der Waals surface area contributed by atoms with Crippen molar-refractivity contribution in [1.82, 2.24) is 5.16 Å². The van der Waals surface area contributed by atoms with Crippen LogP contribution in [0, 0.1) is 6.92 Å². The molecule has 94 valence electrons. The third-order valence-electron chi connectivity index (χ3n) is 2.67. The molecule has 1 heterocycles. The Morgan fingerprint density at radius 1 is 1.50 bits per heavy atom. The fourth-order valence-corrected chi connectivity index (χ4v) is 1.84. The molecular weight excluding hydrogens is 232 g/mol. The normalized spacial score (nSPS) is 10.5. The van der Waals surface area contributed by atoms with Crippen molar-refractivity contribution >= 4 is 11.9 Å². The summed E-state index contributed by atoms with van der Waals surface area (Å²) in [5.41, 5.74) is 9.02. The number of carbonyl (C=O) groups is 1. The Hall–Kier alpha value is -2.30. The molecule has 0 aliphatic rings. The van der Waals surface area contributed by atoms with Crippen LogP contribution in [0.5, 0.6) is 0 Å². The van der Waals surface area contributed by atoms with Crippen LogP contribution in [0.15, 0.2) is 28.8 Å². The maximum atomic E-state index is 10.6. The highest BCUT2D eigenvalue weighted by Gasteiger charge is 2.16. The standard InChI is InChI=1S/C13H14N2O3/c1-8-3-2-4-9(7-8)12-10(5-6-11(16)17)15-18-13(12)14/h2-4,7H,5-6,14H2,1H3,(H,16,17). The largest absolute Gasteiger partial charge is 0.481 e. The van der Waals surface area contributed by atoms with Crippen molar-refractivity contribution in [2.24, 2.45) is 0 Å². The van der Waals surface area contributed by atoms with E-state index in [0.29, 0.717) is 17.7 Å². The highest BCUT2D eigenvalue weighted by molar-refractivity contribution is 5.76. The van der Waals surface area contributed by atoms with Crippen molar-refractivity contribution in [3.8, 4) is 11.1 Å². The average molecular weight is 246 g/mol. The summed E-state index contributed by atoms with van der Waals surface area (Å²) in [4.78, 5) is 10.6. The second-order valence-corrected chi connectivity index (χ2v) is 4.13. The first-order valence-corrected chi connectivity index (χ1v) is 5.61. The molecule has 0 aliphatic carbocycles. The van der Waals surface area contributed by atoms with Crippen molar-refractivity contribution in [1.29, 1.82) is 0 Å². The number of nitrogens with two attached hydrogens (primary N) is 1. The number of hydrogen-bond acceptors (Lipinski definition) is 4. The first kappa shape index (κ1) is 12.2. The van der Waals surface area contributed by atoms with Crippen LogP contribution in [0.4, 0.5) is 5.88 Å². The maximum Gasteiger partial charge on any atom is 0.303 e. The molecule has 2 aromatic rings. The van der Waals surface area contributed by atoms with Crippen LogP contribution >= 0.6 is 0 Å². The zero-order chi connectivity index (χ0) is 13.1. The summed E-state index contributed by atoms with van der Waals surface area (Å²) in [7, 11) is 0. The van der Waals surface area contributed by atoms with Gasteiger partial charge in [-0.3, -0.25) is 4.79 Å². The minimum Gasteiger partial charge on any atom is -0.481 e. The highest BCUT2D eigenvalue weighted by Crippen LogP contribution is 2.30. The molecule has 0 atom stereocenters. The average Bonchev–Trinajstić information content (AvgIpc) is 2.68. The zero-order valence-corrected chi connectivity index (χ0v) is 10.0. The lowest BCUT2D eigenvalue weighted by molar-refractivity contribution is -0.136. The van der Waals surface area contributed by atoms with Crippen molar-refractivity contribution in [2.75, 3.05) is 5.73 Å². The summed E-state index contributed by atoms with van der Waals surface area (Å²) >= 11 is 0. The van der Waals surface area contributed by atoms with E-state index in [1.165, 1.54) is 0 Å². The van der Waals surface area contributed by atoms with Crippen LogP contribution in [0.1, 0.15) is 17.7 Å². The predicted molar refractivity (Wildman–Crippen MR) is 67.0 cm³/mol. The molecule has 18 heavy (non-hydrogen) atoms. The number of hydrogen-bond donors (Lipinski definition) is 2. The molecule has 0 unspecified atom stereocenters. The number of rotatable bonds is 4. The molecule has 0 saturated heterocycles. The van der Waals surface area contributed by atoms with E-state index in [2.05, 4.69) is 5.16 Å². The number of carboxylic acid groups (broad SMARTS) is 1. The van der Waals surface area contributed by atoms with Gasteiger partial charge in [0.2, 0.25) is 5.88 Å². The molecule has 0 fully saturated rings. The summed E-state index contributed by atoms with van der Waals surface area (Å²) < 4.78 is 4.96. The van der Waals surface area contributed by atoms with E-state index in [1.807, 2.05) is 31.2 Å². The summed E-state index contributed by atoms with van der Waals surface area (Å²) in [5.74, 6) is -0.646. The van der Waals surface area contributed by atoms with Crippen molar-refractivity contribution in [3.05, 3.63) is 35.5 Å². The van der Waals surface area contributed by atoms with Gasteiger partial charge in [0.1, 0.15) is 0 Å². The van der Waals surface area contributed by atoms with E-state index in [-0.39, 0.29) is 12.3 Å². The first-order valence-electron chi connectivity index (χ1n) is 5.61. The monoisotopic (exact) mass is 246 g/mol. The summed E-state index contributed by atoms with van der Waals surface area (Å²) in [5, 5.41) is 12.5. The van der Waals surface area contributed by atoms with E-state index < -0.39 is 5.97 Å². The third-order valence-corrected chi connectivity index (χ3v) is 2.67. The van der Waals surface area contributed by atoms with Gasteiger partial charge >= 0.3 is 5.97 Å². The van der Waals surface area contributed by atoms with Crippen molar-refractivity contribution in [3.63, 3.8) is 0 Å². The Labute approximate surface area is 104 Å². The van der Waals surface area contributed by atoms with Crippen molar-refractivity contribution < 1.29 is 14.4 Å². The Kier molecular flexibility index (Phi) is 3.32. The molecule has 0 radical (unpaired) electrons. The van der Waals surface area contributed by atoms with E-state index in [9.17, 15) is 4.79 Å². The maximum absolute atomic E-state index is 10.6. The lowest BCUT2D eigenvalue weighted by Crippen LogP contribution is -1.99. The van der Waals surface area contributed by atoms with Gasteiger partial charge < -0.3 is 15.4 Å². The van der Waals surface area contributed by atoms with E-state index in [1.54, 1.807) is 0 Å². The minimum atomic E-state index is -0.869. The molecular formula is C13H14N2O3. The molecule has 5 nitrogen and oxygen atoms in total. The lowest BCUT2D eigenvalue weighted by Gasteiger charge is -2.02. The SMILES string of the molecule is Cc1cccc(-c2c(CCC(=O)O)noc2N)c1. The van der Waals surface area contributed by atoms with Crippen LogP contribution in [0.2, 0.25) is 0 Å². The van der Waals surface area contributed by atoms with Crippen LogP contribution in [0.3, 0.4) is 0 Å². The van der Waals surface area contributed by atoms with Gasteiger partial charge in [-0.2, -0.15) is 0 Å². The van der Waals surface area contributed by atoms with Gasteiger partial charge in [0.15, 0.2) is 0 Å². The quantitative estimate of drug-likeness (QED) is 0.863. The number of nitrogen functional groups attached to an aromatic ring is 1. The molecule has 3 N–H and O–H groups in total. The molecule has 0 bridgehead atoms. The van der Waals surface area contributed by atoms with Crippen LogP contribution in [-0.2, 0) is 11.2 Å². The number of aryl methyl sites for hydroxylation is 2. The Balaban J connectivity index is 2.37. The van der Waals surface area contributed by atoms with Crippen LogP contribution < -0.4 is 5.73 Å². The number of benzene rings is 1. The molecule has 0 saturated carbocycles. The van der Waals surface area contributed by atoms with Gasteiger partial charge in [-0.05, 0) is 12.5 Å². The summed E-state index contributed by atoms with van der Waals surface area (Å²) in [6.45, 7) is 1.98. The second-order valence-electron chi connectivity index (χ2n) is 4.13. The third kappa shape index (κ3) is 2.51. The Bertz CT molecular complexity index is 575. The molecule has 1 aromatic carbocycles. The van der Waals surface area contributed by atoms with Crippen LogP contribution in [-0.4, -0.2) is 16.2 Å². The van der Waals surface area contributed by atoms with Gasteiger partial charge in [-0.15, -0.1) is 0 Å². The molecule has 0 spiro atoms. The topological polar surface area (TPSA) is 89.3 Å². The zero-order valence-electron chi connectivity index (χ0n) is 10.0. The summed E-state index contributed by atoms with van der Waals surface area (Å²) in [6.07, 6.45) is 0.310. The van der Waals surface area contributed by atoms with Gasteiger partial charge in [0.05, 0.1) is 17.7 Å². The lowest BCUT2D eigenvalue weighted by atomic mass is 10.0. The Morgan fingerprint density at radius 2 is 2.28 bits per heavy atom. The minimum absolute atomic E-state index is 0.00475. The van der Waals surface area contributed by atoms with Crippen LogP contribution in [0.25, 0.3) is 11.1 Å². The van der Waals surface area contributed by atoms with Gasteiger partial charge in [-0.25, -0.2) is 0 Å². The predicted octanol–water partition coefficient (Wildman–Crippen LogP) is 2.25. The van der Waals surface area contributed by atoms with E-state index >= 15 is 0 Å². The van der Waals surface area contributed by atoms with E-state index in [0.717, 1.165) is 11.1 Å². The molecule has 2 rings (SSSR count). The molecule has 1 aromatic heterocycles. The fourth-order valence-electron chi connectivity index (χ4n) is 1.84. The molecule has 0 amide bonds. The fraction of sp³-hybridized carbons (Fsp3) is 0.231.